The van der Waals surface area contributed by atoms with Gasteiger partial charge in [0.15, 0.2) is 0 Å². The number of halogens is 6. The van der Waals surface area contributed by atoms with Crippen LogP contribution in [-0.4, -0.2) is 136 Å². The molecule has 2 aliphatic carbocycles. The molecule has 1 aromatic heterocycles. The summed E-state index contributed by atoms with van der Waals surface area (Å²) in [6.07, 6.45) is -5.22. The van der Waals surface area contributed by atoms with Crippen molar-refractivity contribution in [3.05, 3.63) is 63.3 Å². The van der Waals surface area contributed by atoms with Crippen molar-refractivity contribution in [3.63, 3.8) is 0 Å². The summed E-state index contributed by atoms with van der Waals surface area (Å²) in [6, 6.07) is 1.25. The Kier molecular flexibility index (Phi) is 11.4. The summed E-state index contributed by atoms with van der Waals surface area (Å²) in [6.45, 7) is 1.49. The number of aromatic amines is 1. The smallest absolute Gasteiger partial charge is 0.416 e. The second-order valence-electron chi connectivity index (χ2n) is 18.4. The largest absolute Gasteiger partial charge is 0.478 e. The number of carboxylic acid groups (broad SMARTS) is 1. The number of nitrogens with zero attached hydrogens (tertiary/aromatic N) is 4. The number of aromatic nitrogens is 2. The first kappa shape index (κ1) is 44.6. The van der Waals surface area contributed by atoms with Crippen molar-refractivity contribution in [2.45, 2.75) is 94.8 Å². The number of alkyl halides is 6. The first-order valence-corrected chi connectivity index (χ1v) is 21.1. The highest BCUT2D eigenvalue weighted by atomic mass is 19.4. The summed E-state index contributed by atoms with van der Waals surface area (Å²) < 4.78 is 94.7. The highest BCUT2D eigenvalue weighted by Gasteiger charge is 2.72. The summed E-state index contributed by atoms with van der Waals surface area (Å²) in [5.41, 5.74) is -6.11. The molecule has 4 amide bonds. The highest BCUT2D eigenvalue weighted by molar-refractivity contribution is 5.95. The van der Waals surface area contributed by atoms with Crippen LogP contribution in [0.1, 0.15) is 96.2 Å². The van der Waals surface area contributed by atoms with Crippen LogP contribution in [-0.2, 0) is 30.0 Å². The first-order valence-electron chi connectivity index (χ1n) is 21.1. The van der Waals surface area contributed by atoms with E-state index in [9.17, 15) is 60.2 Å². The van der Waals surface area contributed by atoms with Crippen molar-refractivity contribution in [2.75, 3.05) is 52.5 Å². The lowest BCUT2D eigenvalue weighted by Crippen LogP contribution is -2.67. The Bertz CT molecular complexity index is 2170. The molecule has 342 valence electrons. The van der Waals surface area contributed by atoms with Crippen LogP contribution in [0.4, 0.5) is 26.3 Å². The maximum atomic E-state index is 14.6. The number of nitrogens with one attached hydrogen (secondary N) is 2. The minimum absolute atomic E-state index is 0.0572. The van der Waals surface area contributed by atoms with E-state index in [0.717, 1.165) is 55.1 Å². The predicted molar refractivity (Wildman–Crippen MR) is 206 cm³/mol. The van der Waals surface area contributed by atoms with Gasteiger partial charge < -0.3 is 39.6 Å². The molecule has 0 radical (unpaired) electrons. The SMILES string of the molecule is C[C@@H](OCC12CCC(CC1)OC2)C(NC(=O)[C@@H]1CN(C(=O)c2c[nH]c(=O)cn2)CC12CN(C(=O)C1(C(F)(F)F)CC1)C2)C(=O)N1CCC(c2ccc(C(F)(F)F)cc2C(=O)O)CC1. The normalized spacial score (nSPS) is 26.2. The van der Waals surface area contributed by atoms with Crippen LogP contribution in [0.15, 0.2) is 35.4 Å². The van der Waals surface area contributed by atoms with Gasteiger partial charge in [-0.1, -0.05) is 6.07 Å². The molecule has 2 saturated carbocycles. The fraction of sp³-hybridized carbons (Fsp3) is 0.643. The molecule has 2 aromatic rings. The molecule has 5 aliphatic heterocycles. The van der Waals surface area contributed by atoms with Crippen molar-refractivity contribution < 1.29 is 64.9 Å². The van der Waals surface area contributed by atoms with E-state index >= 15 is 0 Å². The standard InChI is InChI=1S/C42H48F6N6O9/c1-23(62-21-38-8-4-26(5-9-38)63-22-38)32(35(58)52-12-6-24(7-13-52)27-3-2-25(41(43,44)45)14-28(27)36(59)60)51-33(56)29-17-53(34(57)30-15-50-31(55)16-49-30)18-39(29)19-54(20-39)37(61)40(10-11-40)42(46,47)48/h2-3,14-16,23-24,26,29,32H,4-13,17-22H2,1H3,(H,50,55)(H,51,56)(H,59,60)/t23-,26?,29+,32?,38?/m1/s1. The van der Waals surface area contributed by atoms with Crippen LogP contribution in [0.3, 0.4) is 0 Å². The van der Waals surface area contributed by atoms with E-state index in [4.69, 9.17) is 9.47 Å². The Morgan fingerprint density at radius 2 is 1.63 bits per heavy atom. The second-order valence-corrected chi connectivity index (χ2v) is 18.4. The number of aromatic carboxylic acids is 1. The Balaban J connectivity index is 1.03. The van der Waals surface area contributed by atoms with Crippen molar-refractivity contribution >= 4 is 29.6 Å². The van der Waals surface area contributed by atoms with Crippen molar-refractivity contribution in [3.8, 4) is 0 Å². The summed E-state index contributed by atoms with van der Waals surface area (Å²) in [4.78, 5) is 90.0. The summed E-state index contributed by atoms with van der Waals surface area (Å²) >= 11 is 0. The third-order valence-corrected chi connectivity index (χ3v) is 14.3. The maximum absolute atomic E-state index is 14.6. The molecule has 1 spiro atoms. The van der Waals surface area contributed by atoms with Crippen LogP contribution >= 0.6 is 0 Å². The zero-order chi connectivity index (χ0) is 45.3. The Hall–Kier alpha value is -5.05. The Morgan fingerprint density at radius 1 is 0.968 bits per heavy atom. The van der Waals surface area contributed by atoms with Gasteiger partial charge in [-0.3, -0.25) is 24.0 Å². The van der Waals surface area contributed by atoms with Crippen LogP contribution in [0, 0.1) is 22.2 Å². The van der Waals surface area contributed by atoms with Gasteiger partial charge in [-0.25, -0.2) is 9.78 Å². The fourth-order valence-corrected chi connectivity index (χ4v) is 10.2. The van der Waals surface area contributed by atoms with Gasteiger partial charge in [-0.05, 0) is 81.9 Å². The Morgan fingerprint density at radius 3 is 2.19 bits per heavy atom. The van der Waals surface area contributed by atoms with E-state index in [-0.39, 0.29) is 94.3 Å². The molecule has 15 nitrogen and oxygen atoms in total. The van der Waals surface area contributed by atoms with Gasteiger partial charge in [0.05, 0.1) is 48.7 Å². The lowest BCUT2D eigenvalue weighted by molar-refractivity contribution is -0.205. The molecule has 1 unspecified atom stereocenters. The van der Waals surface area contributed by atoms with Crippen LogP contribution in [0.25, 0.3) is 0 Å². The van der Waals surface area contributed by atoms with Gasteiger partial charge in [0.1, 0.15) is 17.2 Å². The second kappa shape index (κ2) is 16.2. The average Bonchev–Trinajstić information content (AvgIpc) is 3.98. The number of ether oxygens (including phenoxy) is 2. The molecule has 6 heterocycles. The van der Waals surface area contributed by atoms with Gasteiger partial charge in [-0.2, -0.15) is 26.3 Å². The predicted octanol–water partition coefficient (Wildman–Crippen LogP) is 3.99. The number of amides is 4. The third-order valence-electron chi connectivity index (χ3n) is 14.3. The number of fused-ring (bicyclic) bond motifs is 3. The number of hydrogen-bond donors (Lipinski definition) is 3. The fourth-order valence-electron chi connectivity index (χ4n) is 10.2. The number of rotatable bonds is 11. The molecule has 3 N–H and O–H groups in total. The monoisotopic (exact) mass is 894 g/mol. The molecule has 7 fully saturated rings. The van der Waals surface area contributed by atoms with Gasteiger partial charge in [-0.15, -0.1) is 0 Å². The third kappa shape index (κ3) is 8.42. The number of hydrogen-bond acceptors (Lipinski definition) is 9. The van der Waals surface area contributed by atoms with E-state index < -0.39 is 93.4 Å². The summed E-state index contributed by atoms with van der Waals surface area (Å²) in [5, 5.41) is 12.7. The lowest BCUT2D eigenvalue weighted by atomic mass is 9.70. The first-order chi connectivity index (χ1) is 29.6. The highest BCUT2D eigenvalue weighted by Crippen LogP contribution is 2.60. The number of carboxylic acids is 1. The molecule has 1 aromatic carbocycles. The van der Waals surface area contributed by atoms with E-state index in [0.29, 0.717) is 12.7 Å². The Labute approximate surface area is 356 Å². The van der Waals surface area contributed by atoms with E-state index in [2.05, 4.69) is 15.3 Å². The number of carbonyl (C=O) groups excluding carboxylic acids is 4. The lowest BCUT2D eigenvalue weighted by Gasteiger charge is -2.51. The molecule has 3 atom stereocenters. The number of benzene rings is 1. The topological polar surface area (TPSA) is 192 Å². The minimum atomic E-state index is -4.77. The summed E-state index contributed by atoms with van der Waals surface area (Å²) in [7, 11) is 0. The number of carbonyl (C=O) groups is 5. The molecule has 2 bridgehead atoms. The molecule has 7 aliphatic rings. The molecular formula is C42H48F6N6O9. The van der Waals surface area contributed by atoms with Crippen molar-refractivity contribution in [1.82, 2.24) is 30.0 Å². The van der Waals surface area contributed by atoms with Crippen molar-refractivity contribution in [2.24, 2.45) is 22.2 Å². The van der Waals surface area contributed by atoms with Gasteiger partial charge in [0.2, 0.25) is 17.7 Å². The van der Waals surface area contributed by atoms with Crippen LogP contribution in [0.5, 0.6) is 0 Å². The number of piperidine rings is 1. The zero-order valence-corrected chi connectivity index (χ0v) is 34.4. The van der Waals surface area contributed by atoms with Crippen LogP contribution in [0.2, 0.25) is 0 Å². The maximum Gasteiger partial charge on any atom is 0.416 e. The van der Waals surface area contributed by atoms with E-state index in [1.165, 1.54) is 9.80 Å². The molecule has 5 saturated heterocycles. The zero-order valence-electron chi connectivity index (χ0n) is 34.4. The van der Waals surface area contributed by atoms with Gasteiger partial charge in [0, 0.05) is 56.3 Å². The van der Waals surface area contributed by atoms with Gasteiger partial charge >= 0.3 is 18.3 Å². The summed E-state index contributed by atoms with van der Waals surface area (Å²) in [5.74, 6) is -6.16. The molecule has 21 heteroatoms. The molecule has 9 rings (SSSR count). The van der Waals surface area contributed by atoms with Crippen LogP contribution < -0.4 is 10.9 Å². The van der Waals surface area contributed by atoms with Crippen molar-refractivity contribution in [1.29, 1.82) is 0 Å². The van der Waals surface area contributed by atoms with E-state index in [1.807, 2.05) is 0 Å². The quantitative estimate of drug-likeness (QED) is 0.278. The average molecular weight is 895 g/mol. The minimum Gasteiger partial charge on any atom is -0.478 e. The molecule has 63 heavy (non-hydrogen) atoms. The van der Waals surface area contributed by atoms with E-state index in [1.54, 1.807) is 6.92 Å². The van der Waals surface area contributed by atoms with Gasteiger partial charge in [0.25, 0.3) is 11.5 Å². The molecular weight excluding hydrogens is 846 g/mol. The number of H-pyrrole nitrogens is 1. The number of likely N-dealkylation sites (tertiary alicyclic amines) is 3.